The Kier molecular flexibility index (Phi) is 5.57. The normalized spacial score (nSPS) is 25.7. The molecule has 1 heterocycles. The first-order chi connectivity index (χ1) is 7.37. The van der Waals surface area contributed by atoms with Gasteiger partial charge in [0.25, 0.3) is 0 Å². The third kappa shape index (κ3) is 6.09. The molecule has 4 heteroatoms. The Hall–Kier alpha value is 0.230. The summed E-state index contributed by atoms with van der Waals surface area (Å²) in [6, 6.07) is 0. The maximum Gasteiger partial charge on any atom is 0.0791 e. The molecule has 1 saturated heterocycles. The monoisotopic (exact) mass is 246 g/mol. The number of thioether (sulfide) groups is 1. The van der Waals surface area contributed by atoms with Crippen LogP contribution in [0.1, 0.15) is 27.7 Å². The molecule has 2 unspecified atom stereocenters. The largest absolute Gasteiger partial charge is 0.390 e. The zero-order chi connectivity index (χ0) is 12.2. The maximum atomic E-state index is 9.94. The third-order valence-electron chi connectivity index (χ3n) is 2.66. The quantitative estimate of drug-likeness (QED) is 0.781. The number of β-amino-alcohol motifs (C(OH)–C–C–N with tert-alkyl or cyclic N) is 1. The second-order valence-electron chi connectivity index (χ2n) is 5.73. The number of hydrogen-bond acceptors (Lipinski definition) is 4. The smallest absolute Gasteiger partial charge is 0.0791 e. The van der Waals surface area contributed by atoms with E-state index in [0.717, 1.165) is 19.6 Å². The molecule has 1 aliphatic heterocycles. The predicted octanol–water partition coefficient (Wildman–Crippen LogP) is 1.17. The number of hydrogen-bond donors (Lipinski definition) is 2. The minimum atomic E-state index is -0.255. The van der Waals surface area contributed by atoms with Crippen LogP contribution in [0.3, 0.4) is 0 Å². The summed E-state index contributed by atoms with van der Waals surface area (Å²) < 4.78 is 0. The maximum absolute atomic E-state index is 9.94. The number of nitrogens with one attached hydrogen (secondary N) is 1. The summed E-state index contributed by atoms with van der Waals surface area (Å²) in [6.07, 6.45) is -0.255. The van der Waals surface area contributed by atoms with E-state index in [1.165, 1.54) is 5.75 Å². The molecule has 1 rings (SSSR count). The van der Waals surface area contributed by atoms with E-state index in [4.69, 9.17) is 0 Å². The van der Waals surface area contributed by atoms with Gasteiger partial charge >= 0.3 is 0 Å². The second kappa shape index (κ2) is 6.24. The summed E-state index contributed by atoms with van der Waals surface area (Å²) in [6.45, 7) is 12.3. The minimum Gasteiger partial charge on any atom is -0.390 e. The van der Waals surface area contributed by atoms with Gasteiger partial charge in [0.15, 0.2) is 0 Å². The van der Waals surface area contributed by atoms with Crippen molar-refractivity contribution < 1.29 is 5.11 Å². The van der Waals surface area contributed by atoms with Crippen LogP contribution >= 0.6 is 11.8 Å². The van der Waals surface area contributed by atoms with Crippen LogP contribution in [0, 0.1) is 0 Å². The topological polar surface area (TPSA) is 35.5 Å². The zero-order valence-corrected chi connectivity index (χ0v) is 11.8. The van der Waals surface area contributed by atoms with Crippen molar-refractivity contribution in [3.8, 4) is 0 Å². The van der Waals surface area contributed by atoms with Crippen molar-refractivity contribution in [3.63, 3.8) is 0 Å². The van der Waals surface area contributed by atoms with Gasteiger partial charge in [0.1, 0.15) is 0 Å². The zero-order valence-electron chi connectivity index (χ0n) is 11.0. The lowest BCUT2D eigenvalue weighted by Crippen LogP contribution is -2.47. The summed E-state index contributed by atoms with van der Waals surface area (Å²) in [5.74, 6) is 1.20. The fourth-order valence-electron chi connectivity index (χ4n) is 1.84. The van der Waals surface area contributed by atoms with Gasteiger partial charge in [-0.15, -0.1) is 0 Å². The molecule has 0 saturated carbocycles. The lowest BCUT2D eigenvalue weighted by Gasteiger charge is -2.32. The van der Waals surface area contributed by atoms with Gasteiger partial charge in [0.2, 0.25) is 0 Å². The molecule has 96 valence electrons. The van der Waals surface area contributed by atoms with Crippen LogP contribution in [0.5, 0.6) is 0 Å². The van der Waals surface area contributed by atoms with Gasteiger partial charge in [0.05, 0.1) is 6.10 Å². The molecule has 0 aromatic rings. The SMILES string of the molecule is CC1CN(CC(O)CNC(C)(C)C)CCS1. The Morgan fingerprint density at radius 1 is 1.50 bits per heavy atom. The van der Waals surface area contributed by atoms with Crippen molar-refractivity contribution in [2.24, 2.45) is 0 Å². The van der Waals surface area contributed by atoms with Gasteiger partial charge in [0, 0.05) is 42.7 Å². The summed E-state index contributed by atoms with van der Waals surface area (Å²) in [5, 5.41) is 14.0. The molecule has 1 fully saturated rings. The highest BCUT2D eigenvalue weighted by atomic mass is 32.2. The molecule has 3 nitrogen and oxygen atoms in total. The van der Waals surface area contributed by atoms with Crippen LogP contribution in [-0.4, -0.2) is 58.8 Å². The van der Waals surface area contributed by atoms with Crippen molar-refractivity contribution in [2.75, 3.05) is 31.9 Å². The molecule has 0 bridgehead atoms. The fourth-order valence-corrected chi connectivity index (χ4v) is 2.93. The molecule has 0 aromatic heterocycles. The summed E-state index contributed by atoms with van der Waals surface area (Å²) in [5.41, 5.74) is 0.0893. The standard InChI is InChI=1S/C12H26N2OS/c1-10-8-14(5-6-16-10)9-11(15)7-13-12(2,3)4/h10-11,13,15H,5-9H2,1-4H3. The Bertz CT molecular complexity index is 206. The average molecular weight is 246 g/mol. The van der Waals surface area contributed by atoms with E-state index in [1.807, 2.05) is 11.8 Å². The lowest BCUT2D eigenvalue weighted by molar-refractivity contribution is 0.107. The first kappa shape index (κ1) is 14.3. The second-order valence-corrected chi connectivity index (χ2v) is 7.27. The van der Waals surface area contributed by atoms with Gasteiger partial charge < -0.3 is 10.4 Å². The molecule has 0 aromatic carbocycles. The van der Waals surface area contributed by atoms with E-state index in [0.29, 0.717) is 11.8 Å². The molecule has 2 N–H and O–H groups in total. The van der Waals surface area contributed by atoms with Crippen LogP contribution in [0.4, 0.5) is 0 Å². The minimum absolute atomic E-state index is 0.0893. The van der Waals surface area contributed by atoms with Gasteiger partial charge in [-0.2, -0.15) is 11.8 Å². The first-order valence-electron chi connectivity index (χ1n) is 6.14. The van der Waals surface area contributed by atoms with Crippen molar-refractivity contribution in [1.82, 2.24) is 10.2 Å². The van der Waals surface area contributed by atoms with Crippen LogP contribution in [0.2, 0.25) is 0 Å². The Balaban J connectivity index is 2.20. The molecule has 2 atom stereocenters. The molecule has 0 spiro atoms. The van der Waals surface area contributed by atoms with Crippen molar-refractivity contribution in [3.05, 3.63) is 0 Å². The van der Waals surface area contributed by atoms with Crippen molar-refractivity contribution in [1.29, 1.82) is 0 Å². The molecule has 16 heavy (non-hydrogen) atoms. The Morgan fingerprint density at radius 3 is 2.75 bits per heavy atom. The Morgan fingerprint density at radius 2 is 2.19 bits per heavy atom. The lowest BCUT2D eigenvalue weighted by atomic mass is 10.1. The van der Waals surface area contributed by atoms with Gasteiger partial charge in [-0.1, -0.05) is 6.92 Å². The molecule has 1 aliphatic rings. The van der Waals surface area contributed by atoms with Crippen molar-refractivity contribution in [2.45, 2.75) is 44.6 Å². The highest BCUT2D eigenvalue weighted by Crippen LogP contribution is 2.17. The molecule has 0 radical (unpaired) electrons. The molecular weight excluding hydrogens is 220 g/mol. The van der Waals surface area contributed by atoms with Crippen molar-refractivity contribution >= 4 is 11.8 Å². The van der Waals surface area contributed by atoms with E-state index in [1.54, 1.807) is 0 Å². The number of aliphatic hydroxyl groups excluding tert-OH is 1. The average Bonchev–Trinajstić information content (AvgIpc) is 2.14. The van der Waals surface area contributed by atoms with E-state index < -0.39 is 0 Å². The predicted molar refractivity (Wildman–Crippen MR) is 72.1 cm³/mol. The fraction of sp³-hybridized carbons (Fsp3) is 1.00. The van der Waals surface area contributed by atoms with E-state index in [-0.39, 0.29) is 11.6 Å². The number of rotatable bonds is 4. The van der Waals surface area contributed by atoms with Crippen LogP contribution in [0.25, 0.3) is 0 Å². The number of nitrogens with zero attached hydrogens (tertiary/aromatic N) is 1. The highest BCUT2D eigenvalue weighted by molar-refractivity contribution is 7.99. The molecule has 0 amide bonds. The van der Waals surface area contributed by atoms with Gasteiger partial charge in [-0.3, -0.25) is 4.90 Å². The summed E-state index contributed by atoms with van der Waals surface area (Å²) >= 11 is 2.03. The summed E-state index contributed by atoms with van der Waals surface area (Å²) in [7, 11) is 0. The van der Waals surface area contributed by atoms with E-state index in [2.05, 4.69) is 37.9 Å². The highest BCUT2D eigenvalue weighted by Gasteiger charge is 2.20. The van der Waals surface area contributed by atoms with E-state index in [9.17, 15) is 5.11 Å². The summed E-state index contributed by atoms with van der Waals surface area (Å²) in [4.78, 5) is 2.37. The first-order valence-corrected chi connectivity index (χ1v) is 7.19. The van der Waals surface area contributed by atoms with Crippen LogP contribution in [-0.2, 0) is 0 Å². The molecular formula is C12H26N2OS. The third-order valence-corrected chi connectivity index (χ3v) is 3.80. The number of aliphatic hydroxyl groups is 1. The van der Waals surface area contributed by atoms with E-state index >= 15 is 0 Å². The Labute approximate surface area is 104 Å². The van der Waals surface area contributed by atoms with Gasteiger partial charge in [-0.05, 0) is 20.8 Å². The molecule has 0 aliphatic carbocycles. The van der Waals surface area contributed by atoms with Crippen LogP contribution in [0.15, 0.2) is 0 Å². The van der Waals surface area contributed by atoms with Gasteiger partial charge in [-0.25, -0.2) is 0 Å². The van der Waals surface area contributed by atoms with Crippen LogP contribution < -0.4 is 5.32 Å².